The number of ketones is 1. The molecule has 0 aromatic carbocycles. The van der Waals surface area contributed by atoms with Gasteiger partial charge >= 0.3 is 11.9 Å². The molecule has 4 fully saturated rings. The summed E-state index contributed by atoms with van der Waals surface area (Å²) in [6, 6.07) is 0. The molecule has 0 N–H and O–H groups in total. The molecule has 9 atom stereocenters. The number of carbonyl (C=O) groups is 3. The highest BCUT2D eigenvalue weighted by Crippen LogP contribution is 2.68. The summed E-state index contributed by atoms with van der Waals surface area (Å²) in [5, 5.41) is 0. The highest BCUT2D eigenvalue weighted by molar-refractivity contribution is 5.79. The van der Waals surface area contributed by atoms with E-state index in [1.54, 1.807) is 0 Å². The molecule has 4 aliphatic rings. The number of rotatable bonds is 3. The lowest BCUT2D eigenvalue weighted by Gasteiger charge is -2.62. The minimum atomic E-state index is -0.230. The lowest BCUT2D eigenvalue weighted by atomic mass is 9.44. The SMILES string of the molecule is COC(=O)[C@@H](C)[C@H]1CC[C@H]2[C@@H]3CC[C@H]4CC(=O)CC[C@]4(C)[C@H]3C[C@H](OC(C)=O)[C@]12C. The van der Waals surface area contributed by atoms with Gasteiger partial charge in [0.05, 0.1) is 13.0 Å². The van der Waals surface area contributed by atoms with Crippen molar-refractivity contribution in [2.24, 2.45) is 46.3 Å². The van der Waals surface area contributed by atoms with Crippen LogP contribution in [0.3, 0.4) is 0 Å². The monoisotopic (exact) mass is 418 g/mol. The van der Waals surface area contributed by atoms with Crippen molar-refractivity contribution in [2.45, 2.75) is 85.2 Å². The van der Waals surface area contributed by atoms with Gasteiger partial charge in [-0.1, -0.05) is 20.8 Å². The Bertz CT molecular complexity index is 731. The maximum absolute atomic E-state index is 12.4. The third-order valence-electron chi connectivity index (χ3n) is 10.1. The van der Waals surface area contributed by atoms with Crippen molar-refractivity contribution in [3.63, 3.8) is 0 Å². The first-order valence-electron chi connectivity index (χ1n) is 11.9. The first kappa shape index (κ1) is 21.8. The normalized spacial score (nSPS) is 46.2. The fourth-order valence-corrected chi connectivity index (χ4v) is 8.56. The molecule has 0 radical (unpaired) electrons. The van der Waals surface area contributed by atoms with E-state index in [2.05, 4.69) is 13.8 Å². The Morgan fingerprint density at radius 3 is 2.50 bits per heavy atom. The van der Waals surface area contributed by atoms with Crippen LogP contribution in [0.1, 0.15) is 79.1 Å². The van der Waals surface area contributed by atoms with E-state index < -0.39 is 0 Å². The van der Waals surface area contributed by atoms with Gasteiger partial charge in [-0.25, -0.2) is 0 Å². The number of esters is 2. The van der Waals surface area contributed by atoms with Crippen molar-refractivity contribution in [1.82, 2.24) is 0 Å². The van der Waals surface area contributed by atoms with Crippen molar-refractivity contribution in [3.8, 4) is 0 Å². The van der Waals surface area contributed by atoms with Crippen LogP contribution in [0.15, 0.2) is 0 Å². The van der Waals surface area contributed by atoms with Gasteiger partial charge in [0.2, 0.25) is 0 Å². The standard InChI is InChI=1S/C25H38O5/c1-14(23(28)29-5)19-8-9-20-18-7-6-16-12-17(27)10-11-24(16,3)21(18)13-22(25(19,20)4)30-15(2)26/h14,16,18-22H,6-13H2,1-5H3/t14-,16-,18-,19+,20-,21-,22-,24-,25+/m0/s1. The Balaban J connectivity index is 1.70. The van der Waals surface area contributed by atoms with Gasteiger partial charge in [-0.2, -0.15) is 0 Å². The zero-order valence-corrected chi connectivity index (χ0v) is 19.2. The molecule has 0 aliphatic heterocycles. The van der Waals surface area contributed by atoms with Crippen molar-refractivity contribution in [3.05, 3.63) is 0 Å². The molecule has 168 valence electrons. The third-order valence-corrected chi connectivity index (χ3v) is 10.1. The van der Waals surface area contributed by atoms with Crippen LogP contribution in [-0.4, -0.2) is 30.9 Å². The first-order valence-corrected chi connectivity index (χ1v) is 11.9. The molecule has 4 saturated carbocycles. The number of ether oxygens (including phenoxy) is 2. The van der Waals surface area contributed by atoms with Crippen molar-refractivity contribution < 1.29 is 23.9 Å². The molecule has 0 aromatic rings. The second-order valence-electron chi connectivity index (χ2n) is 11.1. The van der Waals surface area contributed by atoms with Crippen LogP contribution in [-0.2, 0) is 23.9 Å². The fraction of sp³-hybridized carbons (Fsp3) is 0.880. The van der Waals surface area contributed by atoms with Crippen LogP contribution in [0, 0.1) is 46.3 Å². The van der Waals surface area contributed by atoms with Gasteiger partial charge in [0, 0.05) is 25.2 Å². The fourth-order valence-electron chi connectivity index (χ4n) is 8.56. The van der Waals surface area contributed by atoms with Gasteiger partial charge in [-0.3, -0.25) is 14.4 Å². The lowest BCUT2D eigenvalue weighted by Crippen LogP contribution is -2.59. The summed E-state index contributed by atoms with van der Waals surface area (Å²) < 4.78 is 11.1. The summed E-state index contributed by atoms with van der Waals surface area (Å²) in [7, 11) is 1.46. The van der Waals surface area contributed by atoms with E-state index >= 15 is 0 Å². The molecule has 0 bridgehead atoms. The molecule has 0 spiro atoms. The number of methoxy groups -OCH3 is 1. The van der Waals surface area contributed by atoms with Crippen LogP contribution in [0.25, 0.3) is 0 Å². The molecule has 5 heteroatoms. The van der Waals surface area contributed by atoms with E-state index in [-0.39, 0.29) is 40.7 Å². The largest absolute Gasteiger partial charge is 0.469 e. The van der Waals surface area contributed by atoms with Crippen LogP contribution in [0.5, 0.6) is 0 Å². The smallest absolute Gasteiger partial charge is 0.308 e. The minimum Gasteiger partial charge on any atom is -0.469 e. The number of hydrogen-bond acceptors (Lipinski definition) is 5. The lowest BCUT2D eigenvalue weighted by molar-refractivity contribution is -0.194. The topological polar surface area (TPSA) is 69.7 Å². The van der Waals surface area contributed by atoms with Crippen molar-refractivity contribution in [2.75, 3.05) is 7.11 Å². The molecule has 0 amide bonds. The molecule has 4 aliphatic carbocycles. The number of fused-ring (bicyclic) bond motifs is 5. The highest BCUT2D eigenvalue weighted by Gasteiger charge is 2.65. The Morgan fingerprint density at radius 1 is 1.10 bits per heavy atom. The van der Waals surface area contributed by atoms with Gasteiger partial charge in [0.1, 0.15) is 11.9 Å². The second-order valence-corrected chi connectivity index (χ2v) is 11.1. The average molecular weight is 419 g/mol. The zero-order valence-electron chi connectivity index (χ0n) is 19.2. The van der Waals surface area contributed by atoms with E-state index in [1.165, 1.54) is 14.0 Å². The van der Waals surface area contributed by atoms with Crippen molar-refractivity contribution in [1.29, 1.82) is 0 Å². The first-order chi connectivity index (χ1) is 14.1. The minimum absolute atomic E-state index is 0.155. The van der Waals surface area contributed by atoms with Crippen LogP contribution in [0.2, 0.25) is 0 Å². The molecule has 0 saturated heterocycles. The maximum atomic E-state index is 12.4. The molecule has 0 aromatic heterocycles. The molecule has 4 rings (SSSR count). The Morgan fingerprint density at radius 2 is 1.83 bits per heavy atom. The zero-order chi connectivity index (χ0) is 21.8. The molecule has 5 nitrogen and oxygen atoms in total. The van der Waals surface area contributed by atoms with E-state index in [0.29, 0.717) is 35.9 Å². The Labute approximate surface area is 180 Å². The van der Waals surface area contributed by atoms with E-state index in [0.717, 1.165) is 44.9 Å². The van der Waals surface area contributed by atoms with Gasteiger partial charge in [0.15, 0.2) is 0 Å². The molecule has 0 unspecified atom stereocenters. The predicted molar refractivity (Wildman–Crippen MR) is 112 cm³/mol. The third kappa shape index (κ3) is 3.14. The number of carbonyl (C=O) groups excluding carboxylic acids is 3. The highest BCUT2D eigenvalue weighted by atomic mass is 16.5. The summed E-state index contributed by atoms with van der Waals surface area (Å²) in [6.07, 6.45) is 7.43. The predicted octanol–water partition coefficient (Wildman–Crippen LogP) is 4.57. The summed E-state index contributed by atoms with van der Waals surface area (Å²) in [4.78, 5) is 36.7. The number of Topliss-reactive ketones (excluding diaryl/α,β-unsaturated/α-hetero) is 1. The second kappa shape index (κ2) is 7.63. The van der Waals surface area contributed by atoms with Gasteiger partial charge in [-0.05, 0) is 73.5 Å². The quantitative estimate of drug-likeness (QED) is 0.628. The molecule has 30 heavy (non-hydrogen) atoms. The van der Waals surface area contributed by atoms with Gasteiger partial charge in [-0.15, -0.1) is 0 Å². The van der Waals surface area contributed by atoms with Crippen LogP contribution < -0.4 is 0 Å². The Hall–Kier alpha value is -1.39. The molecular weight excluding hydrogens is 380 g/mol. The number of hydrogen-bond donors (Lipinski definition) is 0. The summed E-state index contributed by atoms with van der Waals surface area (Å²) in [5.74, 6) is 1.99. The molecule has 0 heterocycles. The summed E-state index contributed by atoms with van der Waals surface area (Å²) in [5.41, 5.74) is -0.0449. The van der Waals surface area contributed by atoms with E-state index in [1.807, 2.05) is 6.92 Å². The average Bonchev–Trinajstić information content (AvgIpc) is 3.06. The van der Waals surface area contributed by atoms with Gasteiger partial charge < -0.3 is 9.47 Å². The van der Waals surface area contributed by atoms with Crippen molar-refractivity contribution >= 4 is 17.7 Å². The molecular formula is C25H38O5. The Kier molecular flexibility index (Phi) is 5.55. The van der Waals surface area contributed by atoms with Crippen LogP contribution in [0.4, 0.5) is 0 Å². The van der Waals surface area contributed by atoms with E-state index in [4.69, 9.17) is 9.47 Å². The maximum Gasteiger partial charge on any atom is 0.308 e. The van der Waals surface area contributed by atoms with Gasteiger partial charge in [0.25, 0.3) is 0 Å². The van der Waals surface area contributed by atoms with E-state index in [9.17, 15) is 14.4 Å². The summed E-state index contributed by atoms with van der Waals surface area (Å²) >= 11 is 0. The van der Waals surface area contributed by atoms with Crippen LogP contribution >= 0.6 is 0 Å². The summed E-state index contributed by atoms with van der Waals surface area (Å²) in [6.45, 7) is 8.16.